The maximum atomic E-state index is 12.0. The zero-order chi connectivity index (χ0) is 12.5. The fourth-order valence-electron chi connectivity index (χ4n) is 2.61. The third-order valence-corrected chi connectivity index (χ3v) is 3.46. The molecule has 1 aromatic rings. The van der Waals surface area contributed by atoms with Gasteiger partial charge >= 0.3 is 6.09 Å². The first-order valence-electron chi connectivity index (χ1n) is 6.01. The Kier molecular flexibility index (Phi) is 2.65. The molecule has 2 saturated heterocycles. The average Bonchev–Trinajstić information content (AvgIpc) is 2.74. The molecule has 3 rings (SSSR count). The number of benzene rings is 1. The van der Waals surface area contributed by atoms with E-state index in [-0.39, 0.29) is 18.2 Å². The van der Waals surface area contributed by atoms with Crippen LogP contribution in [0.4, 0.5) is 10.5 Å². The van der Waals surface area contributed by atoms with Crippen molar-refractivity contribution in [1.29, 1.82) is 5.26 Å². The molecule has 1 N–H and O–H groups in total. The highest BCUT2D eigenvalue weighted by Gasteiger charge is 2.44. The summed E-state index contributed by atoms with van der Waals surface area (Å²) in [6.45, 7) is 1.55. The number of nitrogens with zero attached hydrogens (tertiary/aromatic N) is 2. The summed E-state index contributed by atoms with van der Waals surface area (Å²) in [5.74, 6) is 0. The van der Waals surface area contributed by atoms with Crippen LogP contribution < -0.4 is 10.2 Å². The van der Waals surface area contributed by atoms with Crippen LogP contribution in [0.5, 0.6) is 0 Å². The SMILES string of the molecule is N#Cc1ccccc1N1C(=O)OC2CNCCC21. The molecular formula is C13H13N3O2. The number of para-hydroxylation sites is 1. The van der Waals surface area contributed by atoms with E-state index in [1.165, 1.54) is 0 Å². The highest BCUT2D eigenvalue weighted by atomic mass is 16.6. The Morgan fingerprint density at radius 2 is 2.28 bits per heavy atom. The van der Waals surface area contributed by atoms with E-state index in [4.69, 9.17) is 10.00 Å². The van der Waals surface area contributed by atoms with E-state index in [1.807, 2.05) is 6.07 Å². The molecule has 0 bridgehead atoms. The topological polar surface area (TPSA) is 65.4 Å². The predicted octanol–water partition coefficient (Wildman–Crippen LogP) is 1.25. The molecule has 2 atom stereocenters. The molecule has 2 aliphatic rings. The minimum absolute atomic E-state index is 0.0354. The Hall–Kier alpha value is -2.06. The molecule has 2 aliphatic heterocycles. The van der Waals surface area contributed by atoms with Gasteiger partial charge in [0.25, 0.3) is 0 Å². The number of piperidine rings is 1. The molecule has 0 aromatic heterocycles. The van der Waals surface area contributed by atoms with Gasteiger partial charge in [-0.15, -0.1) is 0 Å². The number of nitriles is 1. The number of anilines is 1. The number of ether oxygens (including phenoxy) is 1. The van der Waals surface area contributed by atoms with Crippen molar-refractivity contribution in [2.24, 2.45) is 0 Å². The van der Waals surface area contributed by atoms with E-state index < -0.39 is 0 Å². The Morgan fingerprint density at radius 3 is 3.11 bits per heavy atom. The van der Waals surface area contributed by atoms with E-state index >= 15 is 0 Å². The molecule has 18 heavy (non-hydrogen) atoms. The molecule has 1 aromatic carbocycles. The maximum Gasteiger partial charge on any atom is 0.415 e. The summed E-state index contributed by atoms with van der Waals surface area (Å²) in [5, 5.41) is 12.3. The van der Waals surface area contributed by atoms with Crippen molar-refractivity contribution in [2.45, 2.75) is 18.6 Å². The van der Waals surface area contributed by atoms with Crippen LogP contribution in [-0.2, 0) is 4.74 Å². The molecule has 92 valence electrons. The normalized spacial score (nSPS) is 26.4. The van der Waals surface area contributed by atoms with Crippen molar-refractivity contribution in [3.05, 3.63) is 29.8 Å². The fourth-order valence-corrected chi connectivity index (χ4v) is 2.61. The van der Waals surface area contributed by atoms with Crippen LogP contribution >= 0.6 is 0 Å². The van der Waals surface area contributed by atoms with Crippen molar-refractivity contribution >= 4 is 11.8 Å². The first kappa shape index (κ1) is 11.1. The Morgan fingerprint density at radius 1 is 1.44 bits per heavy atom. The summed E-state index contributed by atoms with van der Waals surface area (Å²) >= 11 is 0. The van der Waals surface area contributed by atoms with Gasteiger partial charge in [-0.25, -0.2) is 4.79 Å². The second kappa shape index (κ2) is 4.31. The first-order chi connectivity index (χ1) is 8.81. The molecule has 2 fully saturated rings. The van der Waals surface area contributed by atoms with Crippen LogP contribution in [0.3, 0.4) is 0 Å². The third-order valence-electron chi connectivity index (χ3n) is 3.46. The predicted molar refractivity (Wildman–Crippen MR) is 65.2 cm³/mol. The average molecular weight is 243 g/mol. The Bertz CT molecular complexity index is 523. The highest BCUT2D eigenvalue weighted by molar-refractivity contribution is 5.92. The van der Waals surface area contributed by atoms with Crippen molar-refractivity contribution in [3.8, 4) is 6.07 Å². The van der Waals surface area contributed by atoms with Crippen LogP contribution in [0.2, 0.25) is 0 Å². The van der Waals surface area contributed by atoms with E-state index in [2.05, 4.69) is 11.4 Å². The minimum atomic E-state index is -0.351. The molecule has 0 aliphatic carbocycles. The summed E-state index contributed by atoms with van der Waals surface area (Å²) < 4.78 is 5.35. The van der Waals surface area contributed by atoms with Gasteiger partial charge in [0.1, 0.15) is 12.2 Å². The number of nitrogens with one attached hydrogen (secondary N) is 1. The molecule has 2 unspecified atom stereocenters. The number of carbonyl (C=O) groups is 1. The molecule has 0 radical (unpaired) electrons. The Balaban J connectivity index is 2.00. The second-order valence-electron chi connectivity index (χ2n) is 4.48. The van der Waals surface area contributed by atoms with Crippen LogP contribution in [0, 0.1) is 11.3 Å². The van der Waals surface area contributed by atoms with Crippen LogP contribution in [-0.4, -0.2) is 31.3 Å². The van der Waals surface area contributed by atoms with Gasteiger partial charge in [0.2, 0.25) is 0 Å². The lowest BCUT2D eigenvalue weighted by atomic mass is 10.0. The van der Waals surface area contributed by atoms with Gasteiger partial charge in [0.15, 0.2) is 0 Å². The van der Waals surface area contributed by atoms with Crippen molar-refractivity contribution in [2.75, 3.05) is 18.0 Å². The largest absolute Gasteiger partial charge is 0.442 e. The number of rotatable bonds is 1. The van der Waals surface area contributed by atoms with Gasteiger partial charge in [-0.2, -0.15) is 5.26 Å². The molecule has 0 saturated carbocycles. The standard InChI is InChI=1S/C13H13N3O2/c14-7-9-3-1-2-4-10(9)16-11-5-6-15-8-12(11)18-13(16)17/h1-4,11-12,15H,5-6,8H2. The van der Waals surface area contributed by atoms with Crippen LogP contribution in [0.1, 0.15) is 12.0 Å². The van der Waals surface area contributed by atoms with Crippen molar-refractivity contribution in [3.63, 3.8) is 0 Å². The lowest BCUT2D eigenvalue weighted by Gasteiger charge is -2.28. The van der Waals surface area contributed by atoms with Crippen LogP contribution in [0.15, 0.2) is 24.3 Å². The van der Waals surface area contributed by atoms with Gasteiger partial charge in [0.05, 0.1) is 17.3 Å². The first-order valence-corrected chi connectivity index (χ1v) is 6.01. The van der Waals surface area contributed by atoms with Crippen molar-refractivity contribution < 1.29 is 9.53 Å². The highest BCUT2D eigenvalue weighted by Crippen LogP contribution is 2.31. The fraction of sp³-hybridized carbons (Fsp3) is 0.385. The zero-order valence-electron chi connectivity index (χ0n) is 9.80. The summed E-state index contributed by atoms with van der Waals surface area (Å²) in [6, 6.07) is 9.30. The summed E-state index contributed by atoms with van der Waals surface area (Å²) in [5.41, 5.74) is 1.16. The van der Waals surface area contributed by atoms with E-state index in [0.29, 0.717) is 17.8 Å². The number of hydrogen-bond donors (Lipinski definition) is 1. The number of amides is 1. The number of hydrogen-bond acceptors (Lipinski definition) is 4. The Labute approximate surface area is 105 Å². The van der Waals surface area contributed by atoms with E-state index in [0.717, 1.165) is 13.0 Å². The molecule has 5 heteroatoms. The summed E-state index contributed by atoms with van der Waals surface area (Å²) in [7, 11) is 0. The van der Waals surface area contributed by atoms with E-state index in [9.17, 15) is 4.79 Å². The second-order valence-corrected chi connectivity index (χ2v) is 4.48. The van der Waals surface area contributed by atoms with Gasteiger partial charge < -0.3 is 10.1 Å². The van der Waals surface area contributed by atoms with Gasteiger partial charge in [-0.05, 0) is 25.1 Å². The van der Waals surface area contributed by atoms with Gasteiger partial charge in [-0.3, -0.25) is 4.90 Å². The summed E-state index contributed by atoms with van der Waals surface area (Å²) in [6.07, 6.45) is 0.380. The minimum Gasteiger partial charge on any atom is -0.442 e. The molecule has 2 heterocycles. The summed E-state index contributed by atoms with van der Waals surface area (Å²) in [4.78, 5) is 13.6. The lowest BCUT2D eigenvalue weighted by molar-refractivity contribution is 0.121. The van der Waals surface area contributed by atoms with Crippen molar-refractivity contribution in [1.82, 2.24) is 5.32 Å². The number of fused-ring (bicyclic) bond motifs is 1. The maximum absolute atomic E-state index is 12.0. The zero-order valence-corrected chi connectivity index (χ0v) is 9.80. The van der Waals surface area contributed by atoms with Gasteiger partial charge in [-0.1, -0.05) is 12.1 Å². The third kappa shape index (κ3) is 1.62. The quantitative estimate of drug-likeness (QED) is 0.806. The molecule has 1 amide bonds. The monoisotopic (exact) mass is 243 g/mol. The van der Waals surface area contributed by atoms with Crippen LogP contribution in [0.25, 0.3) is 0 Å². The molecular weight excluding hydrogens is 230 g/mol. The molecule has 5 nitrogen and oxygen atoms in total. The van der Waals surface area contributed by atoms with E-state index in [1.54, 1.807) is 23.1 Å². The number of carbonyl (C=O) groups excluding carboxylic acids is 1. The van der Waals surface area contributed by atoms with Gasteiger partial charge in [0, 0.05) is 6.54 Å². The lowest BCUT2D eigenvalue weighted by Crippen LogP contribution is -2.47. The smallest absolute Gasteiger partial charge is 0.415 e. The molecule has 0 spiro atoms.